The van der Waals surface area contributed by atoms with Crippen LogP contribution in [-0.4, -0.2) is 52.3 Å². The van der Waals surface area contributed by atoms with Gasteiger partial charge in [-0.15, -0.1) is 10.2 Å². The molecule has 2 fully saturated rings. The fourth-order valence-corrected chi connectivity index (χ4v) is 6.08. The normalized spacial score (nSPS) is 22.3. The lowest BCUT2D eigenvalue weighted by Crippen LogP contribution is -2.36. The summed E-state index contributed by atoms with van der Waals surface area (Å²) in [7, 11) is 1.64. The lowest BCUT2D eigenvalue weighted by molar-refractivity contribution is -0.116. The lowest BCUT2D eigenvalue weighted by atomic mass is 10.0. The molecule has 3 heterocycles. The predicted molar refractivity (Wildman–Crippen MR) is 118 cm³/mol. The number of thioether (sulfide) groups is 1. The predicted octanol–water partition coefficient (Wildman–Crippen LogP) is 2.80. The maximum absolute atomic E-state index is 12.2. The highest BCUT2D eigenvalue weighted by atomic mass is 32.2. The molecule has 1 aromatic heterocycles. The number of methoxy groups -OCH3 is 1. The molecular weight excluding hydrogens is 422 g/mol. The summed E-state index contributed by atoms with van der Waals surface area (Å²) in [5.74, 6) is 1.75. The summed E-state index contributed by atoms with van der Waals surface area (Å²) >= 11 is 3.30. The van der Waals surface area contributed by atoms with Gasteiger partial charge in [-0.25, -0.2) is 4.79 Å². The Labute approximate surface area is 183 Å². The molecule has 0 spiro atoms. The molecule has 1 aromatic carbocycles. The topological polar surface area (TPSA) is 105 Å². The molecule has 3 atom stereocenters. The minimum atomic E-state index is -0.0573. The number of unbranched alkanes of at least 4 members (excludes halogenated alkanes) is 1. The number of nitrogens with zero attached hydrogens (tertiary/aromatic N) is 2. The first kappa shape index (κ1) is 20.9. The average molecular weight is 448 g/mol. The molecule has 30 heavy (non-hydrogen) atoms. The van der Waals surface area contributed by atoms with Gasteiger partial charge in [0.25, 0.3) is 0 Å². The summed E-state index contributed by atoms with van der Waals surface area (Å²) in [6.45, 7) is 0. The van der Waals surface area contributed by atoms with E-state index in [1.165, 1.54) is 11.3 Å². The summed E-state index contributed by atoms with van der Waals surface area (Å²) in [6, 6.07) is 8.24. The Hall–Kier alpha value is -2.33. The molecule has 4 rings (SSSR count). The Morgan fingerprint density at radius 3 is 2.87 bits per heavy atom. The number of benzene rings is 1. The number of carbonyl (C=O) groups excluding carboxylic acids is 2. The highest BCUT2D eigenvalue weighted by molar-refractivity contribution is 8.00. The first-order valence-electron chi connectivity index (χ1n) is 10.0. The molecule has 2 aliphatic rings. The van der Waals surface area contributed by atoms with Gasteiger partial charge in [0.05, 0.1) is 19.2 Å². The summed E-state index contributed by atoms with van der Waals surface area (Å²) in [5.41, 5.74) is 1.12. The molecular formula is C20H25N5O3S2. The minimum Gasteiger partial charge on any atom is -0.497 e. The molecule has 0 bridgehead atoms. The molecule has 2 saturated heterocycles. The van der Waals surface area contributed by atoms with Crippen molar-refractivity contribution in [3.05, 3.63) is 34.8 Å². The van der Waals surface area contributed by atoms with E-state index in [0.717, 1.165) is 41.3 Å². The smallest absolute Gasteiger partial charge is 0.315 e. The number of nitrogens with one attached hydrogen (secondary N) is 3. The number of carbonyl (C=O) groups is 2. The zero-order valence-electron chi connectivity index (χ0n) is 16.7. The molecule has 160 valence electrons. The SMILES string of the molecule is COc1ccc(Cc2nnc(NC(=O)CCCC[C@@H]3SC[C@@H]4NC(=O)N[C@@H]43)s2)cc1. The quantitative estimate of drug-likeness (QED) is 0.403. The van der Waals surface area contributed by atoms with Crippen LogP contribution in [0.15, 0.2) is 24.3 Å². The number of aromatic nitrogens is 2. The number of urea groups is 1. The van der Waals surface area contributed by atoms with Gasteiger partial charge in [0.2, 0.25) is 11.0 Å². The van der Waals surface area contributed by atoms with Gasteiger partial charge >= 0.3 is 6.03 Å². The Morgan fingerprint density at radius 2 is 2.07 bits per heavy atom. The van der Waals surface area contributed by atoms with Crippen LogP contribution in [0.4, 0.5) is 9.93 Å². The van der Waals surface area contributed by atoms with Crippen LogP contribution in [0, 0.1) is 0 Å². The number of fused-ring (bicyclic) bond motifs is 1. The van der Waals surface area contributed by atoms with Crippen LogP contribution in [0.3, 0.4) is 0 Å². The van der Waals surface area contributed by atoms with E-state index in [1.807, 2.05) is 36.0 Å². The van der Waals surface area contributed by atoms with Crippen molar-refractivity contribution in [1.29, 1.82) is 0 Å². The first-order valence-corrected chi connectivity index (χ1v) is 11.9. The van der Waals surface area contributed by atoms with E-state index < -0.39 is 0 Å². The first-order chi connectivity index (χ1) is 14.6. The summed E-state index contributed by atoms with van der Waals surface area (Å²) in [6.07, 6.45) is 3.92. The molecule has 0 aliphatic carbocycles. The second-order valence-electron chi connectivity index (χ2n) is 7.44. The molecule has 0 radical (unpaired) electrons. The van der Waals surface area contributed by atoms with Gasteiger partial charge in [-0.3, -0.25) is 4.79 Å². The molecule has 3 N–H and O–H groups in total. The van der Waals surface area contributed by atoms with Gasteiger partial charge in [-0.1, -0.05) is 29.9 Å². The summed E-state index contributed by atoms with van der Waals surface area (Å²) < 4.78 is 5.17. The lowest BCUT2D eigenvalue weighted by Gasteiger charge is -2.16. The van der Waals surface area contributed by atoms with E-state index in [2.05, 4.69) is 26.1 Å². The third-order valence-electron chi connectivity index (χ3n) is 5.31. The molecule has 8 nitrogen and oxygen atoms in total. The van der Waals surface area contributed by atoms with Gasteiger partial charge < -0.3 is 20.7 Å². The third-order valence-corrected chi connectivity index (χ3v) is 7.66. The van der Waals surface area contributed by atoms with Crippen LogP contribution >= 0.6 is 23.1 Å². The fraction of sp³-hybridized carbons (Fsp3) is 0.500. The van der Waals surface area contributed by atoms with Crippen molar-refractivity contribution in [2.24, 2.45) is 0 Å². The van der Waals surface area contributed by atoms with Crippen LogP contribution < -0.4 is 20.7 Å². The van der Waals surface area contributed by atoms with Gasteiger partial charge in [-0.2, -0.15) is 11.8 Å². The van der Waals surface area contributed by atoms with Crippen LogP contribution in [0.5, 0.6) is 5.75 Å². The van der Waals surface area contributed by atoms with Crippen molar-refractivity contribution in [3.8, 4) is 5.75 Å². The maximum atomic E-state index is 12.2. The number of hydrogen-bond donors (Lipinski definition) is 3. The molecule has 0 unspecified atom stereocenters. The second kappa shape index (κ2) is 9.65. The number of amides is 3. The minimum absolute atomic E-state index is 0.0325. The number of anilines is 1. The monoisotopic (exact) mass is 447 g/mol. The molecule has 2 aliphatic heterocycles. The van der Waals surface area contributed by atoms with E-state index in [-0.39, 0.29) is 24.0 Å². The summed E-state index contributed by atoms with van der Waals surface area (Å²) in [5, 5.41) is 18.9. The highest BCUT2D eigenvalue weighted by Gasteiger charge is 2.42. The van der Waals surface area contributed by atoms with E-state index in [9.17, 15) is 9.59 Å². The van der Waals surface area contributed by atoms with Gasteiger partial charge in [0.15, 0.2) is 0 Å². The van der Waals surface area contributed by atoms with Crippen LogP contribution in [0.25, 0.3) is 0 Å². The Bertz CT molecular complexity index is 889. The number of rotatable bonds is 9. The van der Waals surface area contributed by atoms with Crippen molar-refractivity contribution in [2.45, 2.75) is 49.4 Å². The zero-order valence-corrected chi connectivity index (χ0v) is 18.4. The molecule has 3 amide bonds. The average Bonchev–Trinajstić information content (AvgIpc) is 3.42. The van der Waals surface area contributed by atoms with Gasteiger partial charge in [0.1, 0.15) is 10.8 Å². The standard InChI is InChI=1S/C20H25N5O3S2/c1-28-13-8-6-12(7-9-13)10-17-24-25-20(30-17)22-16(26)5-3-2-4-15-18-14(11-29-15)21-19(27)23-18/h6-9,14-15,18H,2-5,10-11H2,1H3,(H2,21,23,27)(H,22,25,26)/t14-,15-,18-/m0/s1. The van der Waals surface area contributed by atoms with Crippen LogP contribution in [0.1, 0.15) is 36.3 Å². The van der Waals surface area contributed by atoms with Crippen molar-refractivity contribution in [3.63, 3.8) is 0 Å². The van der Waals surface area contributed by atoms with E-state index >= 15 is 0 Å². The maximum Gasteiger partial charge on any atom is 0.315 e. The Balaban J connectivity index is 1.16. The van der Waals surface area contributed by atoms with Crippen molar-refractivity contribution >= 4 is 40.2 Å². The third kappa shape index (κ3) is 5.23. The molecule has 2 aromatic rings. The second-order valence-corrected chi connectivity index (χ2v) is 9.78. The van der Waals surface area contributed by atoms with Crippen molar-refractivity contribution in [2.75, 3.05) is 18.2 Å². The highest BCUT2D eigenvalue weighted by Crippen LogP contribution is 2.33. The molecule has 0 saturated carbocycles. The number of ether oxygens (including phenoxy) is 1. The fourth-order valence-electron chi connectivity index (χ4n) is 3.75. The Morgan fingerprint density at radius 1 is 1.23 bits per heavy atom. The van der Waals surface area contributed by atoms with Gasteiger partial charge in [0, 0.05) is 23.8 Å². The van der Waals surface area contributed by atoms with Gasteiger partial charge in [-0.05, 0) is 30.5 Å². The molecule has 10 heteroatoms. The van der Waals surface area contributed by atoms with E-state index in [1.54, 1.807) is 7.11 Å². The zero-order chi connectivity index (χ0) is 20.9. The van der Waals surface area contributed by atoms with E-state index in [4.69, 9.17) is 4.74 Å². The van der Waals surface area contributed by atoms with Crippen LogP contribution in [0.2, 0.25) is 0 Å². The van der Waals surface area contributed by atoms with E-state index in [0.29, 0.717) is 23.2 Å². The van der Waals surface area contributed by atoms with Crippen LogP contribution in [-0.2, 0) is 11.2 Å². The van der Waals surface area contributed by atoms with Crippen molar-refractivity contribution < 1.29 is 14.3 Å². The number of hydrogen-bond acceptors (Lipinski definition) is 7. The summed E-state index contributed by atoms with van der Waals surface area (Å²) in [4.78, 5) is 23.6. The Kier molecular flexibility index (Phi) is 6.73. The largest absolute Gasteiger partial charge is 0.497 e. The van der Waals surface area contributed by atoms with Crippen molar-refractivity contribution in [1.82, 2.24) is 20.8 Å².